The van der Waals surface area contributed by atoms with Gasteiger partial charge in [0.25, 0.3) is 0 Å². The summed E-state index contributed by atoms with van der Waals surface area (Å²) in [6.07, 6.45) is 14.9. The Bertz CT molecular complexity index is 888. The molecule has 8 aliphatic rings. The van der Waals surface area contributed by atoms with Crippen LogP contribution in [-0.2, 0) is 4.74 Å². The maximum atomic E-state index is 10.8. The van der Waals surface area contributed by atoms with Gasteiger partial charge in [-0.05, 0) is 98.7 Å². The maximum Gasteiger partial charge on any atom is 0.0793 e. The highest BCUT2D eigenvalue weighted by Crippen LogP contribution is 2.93. The van der Waals surface area contributed by atoms with Crippen molar-refractivity contribution in [3.05, 3.63) is 11.6 Å². The summed E-state index contributed by atoms with van der Waals surface area (Å²) >= 11 is 0. The monoisotopic (exact) mass is 425 g/mol. The predicted molar refractivity (Wildman–Crippen MR) is 116 cm³/mol. The van der Waals surface area contributed by atoms with Gasteiger partial charge in [0.15, 0.2) is 0 Å². The first-order valence-electron chi connectivity index (χ1n) is 13.4. The molecule has 4 heteroatoms. The van der Waals surface area contributed by atoms with E-state index in [1.165, 1.54) is 51.4 Å². The number of hydroxylamine groups is 2. The first kappa shape index (κ1) is 18.9. The standard InChI is InChI=1S/C27H39NO3/c1-15-9-22-23(28(30)13-15)21-12-26-14-25(26)11-20-18(19(25)6-8-27(21,26)31-22)4-3-16-10-17(29)5-7-24(16,20)2/h10,15,17-23,29-30H,3-9,11-14H2,1-2H3/t15-,17-,18-,19-,20-,21+,22+,23-,24-,25?,26?,27+/m0/s1. The van der Waals surface area contributed by atoms with Crippen molar-refractivity contribution in [3.63, 3.8) is 0 Å². The second-order valence-electron chi connectivity index (χ2n) is 13.6. The van der Waals surface area contributed by atoms with Crippen LogP contribution in [0.4, 0.5) is 0 Å². The smallest absolute Gasteiger partial charge is 0.0793 e. The molecule has 2 unspecified atom stereocenters. The predicted octanol–water partition coefficient (Wildman–Crippen LogP) is 4.55. The van der Waals surface area contributed by atoms with E-state index in [9.17, 15) is 10.3 Å². The molecule has 6 aliphatic carbocycles. The number of hydrogen-bond acceptors (Lipinski definition) is 4. The van der Waals surface area contributed by atoms with E-state index in [0.717, 1.165) is 37.1 Å². The van der Waals surface area contributed by atoms with Gasteiger partial charge in [-0.2, -0.15) is 5.06 Å². The van der Waals surface area contributed by atoms with Crippen molar-refractivity contribution in [2.75, 3.05) is 6.54 Å². The maximum absolute atomic E-state index is 10.8. The van der Waals surface area contributed by atoms with Crippen molar-refractivity contribution in [2.45, 2.75) is 102 Å². The number of ether oxygens (including phenoxy) is 1. The lowest BCUT2D eigenvalue weighted by Gasteiger charge is -2.60. The summed E-state index contributed by atoms with van der Waals surface area (Å²) < 4.78 is 7.10. The number of aliphatic hydroxyl groups is 1. The normalized spacial score (nSPS) is 65.7. The zero-order valence-electron chi connectivity index (χ0n) is 19.2. The Morgan fingerprint density at radius 2 is 1.97 bits per heavy atom. The molecule has 0 aromatic carbocycles. The van der Waals surface area contributed by atoms with Gasteiger partial charge < -0.3 is 15.1 Å². The van der Waals surface area contributed by atoms with E-state index in [4.69, 9.17) is 4.74 Å². The topological polar surface area (TPSA) is 52.9 Å². The number of piperidine rings is 1. The lowest BCUT2D eigenvalue weighted by molar-refractivity contribution is -0.212. The van der Waals surface area contributed by atoms with Gasteiger partial charge >= 0.3 is 0 Å². The van der Waals surface area contributed by atoms with Crippen molar-refractivity contribution >= 4 is 0 Å². The molecule has 2 heterocycles. The Morgan fingerprint density at radius 3 is 2.84 bits per heavy atom. The minimum atomic E-state index is -0.205. The third kappa shape index (κ3) is 1.87. The molecule has 0 radical (unpaired) electrons. The first-order chi connectivity index (χ1) is 14.8. The summed E-state index contributed by atoms with van der Waals surface area (Å²) in [6.45, 7) is 5.64. The van der Waals surface area contributed by atoms with E-state index >= 15 is 0 Å². The first-order valence-corrected chi connectivity index (χ1v) is 13.4. The van der Waals surface area contributed by atoms with Gasteiger partial charge in [-0.1, -0.05) is 25.5 Å². The summed E-state index contributed by atoms with van der Waals surface area (Å²) in [7, 11) is 0. The van der Waals surface area contributed by atoms with Crippen molar-refractivity contribution in [3.8, 4) is 0 Å². The van der Waals surface area contributed by atoms with Gasteiger partial charge in [0.2, 0.25) is 0 Å². The molecule has 170 valence electrons. The average molecular weight is 426 g/mol. The van der Waals surface area contributed by atoms with E-state index in [0.29, 0.717) is 28.1 Å². The molecule has 2 N–H and O–H groups in total. The van der Waals surface area contributed by atoms with Crippen LogP contribution in [0.25, 0.3) is 0 Å². The van der Waals surface area contributed by atoms with Gasteiger partial charge in [0, 0.05) is 17.9 Å². The van der Waals surface area contributed by atoms with Crippen LogP contribution in [0.1, 0.15) is 78.1 Å². The fraction of sp³-hybridized carbons (Fsp3) is 0.926. The second kappa shape index (κ2) is 5.45. The van der Waals surface area contributed by atoms with E-state index in [-0.39, 0.29) is 23.9 Å². The molecule has 0 bridgehead atoms. The lowest BCUT2D eigenvalue weighted by atomic mass is 9.48. The van der Waals surface area contributed by atoms with Gasteiger partial charge in [0.1, 0.15) is 0 Å². The summed E-state index contributed by atoms with van der Waals surface area (Å²) in [5, 5.41) is 22.8. The SMILES string of the molecule is C[C@H]1C[C@H]2O[C@@]34CC[C@H]5[C@@H]6CCC7=C[C@@H](O)CC[C@]7(C)[C@H]6CC56CC63C[C@@H]4[C@@H]2N(O)C1. The quantitative estimate of drug-likeness (QED) is 0.559. The molecule has 0 aromatic rings. The fourth-order valence-corrected chi connectivity index (χ4v) is 11.8. The summed E-state index contributed by atoms with van der Waals surface area (Å²) in [4.78, 5) is 0. The minimum absolute atomic E-state index is 0.0830. The summed E-state index contributed by atoms with van der Waals surface area (Å²) in [5.41, 5.74) is 2.97. The minimum Gasteiger partial charge on any atom is -0.389 e. The highest BCUT2D eigenvalue weighted by Gasteiger charge is 2.92. The Labute approximate surface area is 186 Å². The summed E-state index contributed by atoms with van der Waals surface area (Å²) in [5.74, 6) is 3.71. The number of nitrogens with zero attached hydrogens (tertiary/aromatic N) is 1. The Balaban J connectivity index is 1.15. The van der Waals surface area contributed by atoms with E-state index in [1.54, 1.807) is 10.6 Å². The van der Waals surface area contributed by atoms with Crippen LogP contribution in [0.3, 0.4) is 0 Å². The molecule has 31 heavy (non-hydrogen) atoms. The molecular weight excluding hydrogens is 386 g/mol. The largest absolute Gasteiger partial charge is 0.389 e. The molecule has 0 aromatic heterocycles. The van der Waals surface area contributed by atoms with Crippen LogP contribution in [0.15, 0.2) is 11.6 Å². The molecule has 4 nitrogen and oxygen atoms in total. The number of fused-ring (bicyclic) bond motifs is 6. The zero-order chi connectivity index (χ0) is 21.0. The van der Waals surface area contributed by atoms with Crippen molar-refractivity contribution in [2.24, 2.45) is 45.8 Å². The van der Waals surface area contributed by atoms with Crippen LogP contribution < -0.4 is 0 Å². The fourth-order valence-electron chi connectivity index (χ4n) is 11.8. The van der Waals surface area contributed by atoms with Crippen LogP contribution in [-0.4, -0.2) is 45.8 Å². The molecule has 3 spiro atoms. The molecule has 12 atom stereocenters. The molecule has 7 fully saturated rings. The molecule has 2 saturated heterocycles. The van der Waals surface area contributed by atoms with Gasteiger partial charge in [0.05, 0.1) is 23.9 Å². The van der Waals surface area contributed by atoms with Gasteiger partial charge in [-0.3, -0.25) is 0 Å². The molecular formula is C27H39NO3. The van der Waals surface area contributed by atoms with Crippen LogP contribution in [0.2, 0.25) is 0 Å². The van der Waals surface area contributed by atoms with Crippen molar-refractivity contribution in [1.29, 1.82) is 0 Å². The number of aliphatic hydroxyl groups excluding tert-OH is 1. The molecule has 5 saturated carbocycles. The van der Waals surface area contributed by atoms with Gasteiger partial charge in [-0.15, -0.1) is 0 Å². The molecule has 2 aliphatic heterocycles. The zero-order valence-corrected chi connectivity index (χ0v) is 19.2. The Hall–Kier alpha value is -0.420. The number of allylic oxidation sites excluding steroid dienone is 1. The number of hydrogen-bond donors (Lipinski definition) is 2. The van der Waals surface area contributed by atoms with Crippen LogP contribution >= 0.6 is 0 Å². The van der Waals surface area contributed by atoms with Gasteiger partial charge in [-0.25, -0.2) is 0 Å². The highest BCUT2D eigenvalue weighted by atomic mass is 16.5. The Kier molecular flexibility index (Phi) is 3.33. The van der Waals surface area contributed by atoms with E-state index < -0.39 is 0 Å². The molecule has 0 amide bonds. The highest BCUT2D eigenvalue weighted by molar-refractivity contribution is 5.41. The van der Waals surface area contributed by atoms with Crippen LogP contribution in [0, 0.1) is 45.8 Å². The number of rotatable bonds is 0. The lowest BCUT2D eigenvalue weighted by Crippen LogP contribution is -2.64. The van der Waals surface area contributed by atoms with E-state index in [2.05, 4.69) is 19.9 Å². The third-order valence-electron chi connectivity index (χ3n) is 12.9. The molecule has 8 rings (SSSR count). The van der Waals surface area contributed by atoms with Crippen molar-refractivity contribution < 1.29 is 15.1 Å². The third-order valence-corrected chi connectivity index (χ3v) is 12.9. The summed E-state index contributed by atoms with van der Waals surface area (Å²) in [6, 6.07) is 0.256. The average Bonchev–Trinajstić information content (AvgIpc) is 3.19. The van der Waals surface area contributed by atoms with Crippen molar-refractivity contribution in [1.82, 2.24) is 5.06 Å². The Morgan fingerprint density at radius 1 is 1.10 bits per heavy atom. The second-order valence-corrected chi connectivity index (χ2v) is 13.6. The van der Waals surface area contributed by atoms with E-state index in [1.807, 2.05) is 0 Å². The van der Waals surface area contributed by atoms with Crippen LogP contribution in [0.5, 0.6) is 0 Å².